The van der Waals surface area contributed by atoms with Crippen LogP contribution in [0.15, 0.2) is 36.4 Å². The number of fused-ring (bicyclic) bond motifs is 1. The van der Waals surface area contributed by atoms with Crippen molar-refractivity contribution < 1.29 is 18.9 Å². The van der Waals surface area contributed by atoms with Crippen molar-refractivity contribution in [3.63, 3.8) is 0 Å². The van der Waals surface area contributed by atoms with Gasteiger partial charge in [-0.3, -0.25) is 0 Å². The molecule has 0 saturated heterocycles. The van der Waals surface area contributed by atoms with E-state index in [1.807, 2.05) is 19.1 Å². The first-order chi connectivity index (χ1) is 9.76. The van der Waals surface area contributed by atoms with Gasteiger partial charge in [0.05, 0.1) is 12.3 Å². The third-order valence-corrected chi connectivity index (χ3v) is 2.86. The number of hydrogen-bond donors (Lipinski definition) is 1. The summed E-state index contributed by atoms with van der Waals surface area (Å²) in [5.74, 6) is 3.35. The average molecular weight is 273 g/mol. The van der Waals surface area contributed by atoms with Gasteiger partial charge in [-0.1, -0.05) is 0 Å². The summed E-state index contributed by atoms with van der Waals surface area (Å²) >= 11 is 0. The number of anilines is 1. The van der Waals surface area contributed by atoms with Crippen LogP contribution in [-0.4, -0.2) is 13.4 Å². The molecule has 0 aromatic heterocycles. The second-order valence-corrected chi connectivity index (χ2v) is 4.25. The van der Waals surface area contributed by atoms with Gasteiger partial charge in [-0.25, -0.2) is 0 Å². The van der Waals surface area contributed by atoms with Crippen LogP contribution in [0.25, 0.3) is 0 Å². The first kappa shape index (κ1) is 12.5. The van der Waals surface area contributed by atoms with Crippen LogP contribution in [0.5, 0.6) is 28.7 Å². The van der Waals surface area contributed by atoms with Gasteiger partial charge in [0.15, 0.2) is 11.5 Å². The number of nitrogens with two attached hydrogens (primary N) is 1. The summed E-state index contributed by atoms with van der Waals surface area (Å²) in [5, 5.41) is 0. The number of benzene rings is 2. The van der Waals surface area contributed by atoms with Gasteiger partial charge in [0.25, 0.3) is 0 Å². The molecule has 1 heterocycles. The van der Waals surface area contributed by atoms with E-state index in [4.69, 9.17) is 24.7 Å². The number of hydrogen-bond acceptors (Lipinski definition) is 5. The maximum absolute atomic E-state index is 5.83. The third-order valence-electron chi connectivity index (χ3n) is 2.86. The Morgan fingerprint density at radius 1 is 1.05 bits per heavy atom. The Kier molecular flexibility index (Phi) is 3.25. The van der Waals surface area contributed by atoms with Crippen LogP contribution >= 0.6 is 0 Å². The summed E-state index contributed by atoms with van der Waals surface area (Å²) in [5.41, 5.74) is 6.41. The summed E-state index contributed by atoms with van der Waals surface area (Å²) < 4.78 is 21.8. The van der Waals surface area contributed by atoms with E-state index in [1.165, 1.54) is 0 Å². The fourth-order valence-corrected chi connectivity index (χ4v) is 1.94. The van der Waals surface area contributed by atoms with Crippen molar-refractivity contribution >= 4 is 5.69 Å². The summed E-state index contributed by atoms with van der Waals surface area (Å²) in [6, 6.07) is 10.8. The first-order valence-electron chi connectivity index (χ1n) is 6.36. The van der Waals surface area contributed by atoms with Crippen LogP contribution in [0.3, 0.4) is 0 Å². The van der Waals surface area contributed by atoms with Crippen molar-refractivity contribution in [2.75, 3.05) is 19.1 Å². The lowest BCUT2D eigenvalue weighted by Crippen LogP contribution is -1.97. The Morgan fingerprint density at radius 3 is 2.65 bits per heavy atom. The Hall–Kier alpha value is -2.56. The summed E-state index contributed by atoms with van der Waals surface area (Å²) in [6.07, 6.45) is 0. The minimum Gasteiger partial charge on any atom is -0.492 e. The van der Waals surface area contributed by atoms with Crippen molar-refractivity contribution in [3.8, 4) is 28.7 Å². The molecule has 0 spiro atoms. The van der Waals surface area contributed by atoms with Crippen LogP contribution in [0, 0.1) is 0 Å². The zero-order chi connectivity index (χ0) is 13.9. The van der Waals surface area contributed by atoms with Crippen molar-refractivity contribution in [1.29, 1.82) is 0 Å². The topological polar surface area (TPSA) is 62.9 Å². The molecule has 104 valence electrons. The molecule has 0 amide bonds. The van der Waals surface area contributed by atoms with Gasteiger partial charge in [0.1, 0.15) is 17.2 Å². The zero-order valence-corrected chi connectivity index (χ0v) is 11.1. The SMILES string of the molecule is CCOc1cc(Oc2ccc3c(c2)OCO3)ccc1N. The van der Waals surface area contributed by atoms with Crippen LogP contribution in [-0.2, 0) is 0 Å². The van der Waals surface area contributed by atoms with E-state index in [2.05, 4.69) is 0 Å². The van der Waals surface area contributed by atoms with Gasteiger partial charge in [0.2, 0.25) is 6.79 Å². The Labute approximate surface area is 116 Å². The molecule has 0 atom stereocenters. The van der Waals surface area contributed by atoms with Crippen molar-refractivity contribution in [2.45, 2.75) is 6.92 Å². The molecule has 1 aliphatic heterocycles. The molecule has 2 N–H and O–H groups in total. The average Bonchev–Trinajstić information content (AvgIpc) is 2.90. The first-order valence-corrected chi connectivity index (χ1v) is 6.36. The molecule has 5 heteroatoms. The van der Waals surface area contributed by atoms with E-state index in [-0.39, 0.29) is 6.79 Å². The highest BCUT2D eigenvalue weighted by molar-refractivity contribution is 5.56. The van der Waals surface area contributed by atoms with Gasteiger partial charge in [-0.2, -0.15) is 0 Å². The minimum atomic E-state index is 0.245. The number of nitrogen functional groups attached to an aromatic ring is 1. The van der Waals surface area contributed by atoms with Crippen LogP contribution < -0.4 is 24.7 Å². The van der Waals surface area contributed by atoms with Crippen LogP contribution in [0.2, 0.25) is 0 Å². The van der Waals surface area contributed by atoms with Crippen molar-refractivity contribution in [3.05, 3.63) is 36.4 Å². The third kappa shape index (κ3) is 2.42. The van der Waals surface area contributed by atoms with Gasteiger partial charge in [-0.15, -0.1) is 0 Å². The fraction of sp³-hybridized carbons (Fsp3) is 0.200. The predicted octanol–water partition coefficient (Wildman–Crippen LogP) is 3.19. The van der Waals surface area contributed by atoms with E-state index >= 15 is 0 Å². The monoisotopic (exact) mass is 273 g/mol. The molecule has 0 fully saturated rings. The number of rotatable bonds is 4. The lowest BCUT2D eigenvalue weighted by atomic mass is 10.2. The molecule has 5 nitrogen and oxygen atoms in total. The number of ether oxygens (including phenoxy) is 4. The van der Waals surface area contributed by atoms with Gasteiger partial charge >= 0.3 is 0 Å². The van der Waals surface area contributed by atoms with Gasteiger partial charge in [-0.05, 0) is 31.2 Å². The molecule has 20 heavy (non-hydrogen) atoms. The lowest BCUT2D eigenvalue weighted by molar-refractivity contribution is 0.174. The van der Waals surface area contributed by atoms with Gasteiger partial charge in [0, 0.05) is 12.1 Å². The van der Waals surface area contributed by atoms with E-state index in [0.717, 1.165) is 5.75 Å². The molecule has 2 aromatic carbocycles. The highest BCUT2D eigenvalue weighted by atomic mass is 16.7. The highest BCUT2D eigenvalue weighted by Crippen LogP contribution is 2.37. The largest absolute Gasteiger partial charge is 0.492 e. The van der Waals surface area contributed by atoms with E-state index in [9.17, 15) is 0 Å². The Bertz CT molecular complexity index is 627. The molecule has 2 aromatic rings. The van der Waals surface area contributed by atoms with Crippen molar-refractivity contribution in [2.24, 2.45) is 0 Å². The maximum atomic E-state index is 5.83. The molecule has 0 aliphatic carbocycles. The summed E-state index contributed by atoms with van der Waals surface area (Å²) in [6.45, 7) is 2.71. The van der Waals surface area contributed by atoms with Gasteiger partial charge < -0.3 is 24.7 Å². The Morgan fingerprint density at radius 2 is 1.80 bits per heavy atom. The second-order valence-electron chi connectivity index (χ2n) is 4.25. The molecule has 0 radical (unpaired) electrons. The molecule has 0 bridgehead atoms. The predicted molar refractivity (Wildman–Crippen MR) is 74.7 cm³/mol. The molecule has 1 aliphatic rings. The smallest absolute Gasteiger partial charge is 0.231 e. The zero-order valence-electron chi connectivity index (χ0n) is 11.1. The minimum absolute atomic E-state index is 0.245. The quantitative estimate of drug-likeness (QED) is 0.867. The molecular formula is C15H15NO4. The fourth-order valence-electron chi connectivity index (χ4n) is 1.94. The van der Waals surface area contributed by atoms with Crippen LogP contribution in [0.4, 0.5) is 5.69 Å². The Balaban J connectivity index is 1.82. The molecule has 3 rings (SSSR count). The lowest BCUT2D eigenvalue weighted by Gasteiger charge is -2.10. The summed E-state index contributed by atoms with van der Waals surface area (Å²) in [4.78, 5) is 0. The standard InChI is InChI=1S/C15H15NO4/c1-2-17-14-7-10(3-5-12(14)16)20-11-4-6-13-15(8-11)19-9-18-13/h3-8H,2,9,16H2,1H3. The van der Waals surface area contributed by atoms with Crippen LogP contribution in [0.1, 0.15) is 6.92 Å². The maximum Gasteiger partial charge on any atom is 0.231 e. The van der Waals surface area contributed by atoms with E-state index in [0.29, 0.717) is 35.3 Å². The normalized spacial score (nSPS) is 12.2. The van der Waals surface area contributed by atoms with E-state index in [1.54, 1.807) is 24.3 Å². The van der Waals surface area contributed by atoms with E-state index < -0.39 is 0 Å². The second kappa shape index (κ2) is 5.21. The molecule has 0 unspecified atom stereocenters. The van der Waals surface area contributed by atoms with Crippen molar-refractivity contribution in [1.82, 2.24) is 0 Å². The highest BCUT2D eigenvalue weighted by Gasteiger charge is 2.14. The molecular weight excluding hydrogens is 258 g/mol. The summed E-state index contributed by atoms with van der Waals surface area (Å²) in [7, 11) is 0. The molecule has 0 saturated carbocycles.